The van der Waals surface area contributed by atoms with E-state index in [1.165, 1.54) is 28.6 Å². The lowest BCUT2D eigenvalue weighted by Crippen LogP contribution is -2.09. The molecule has 0 N–H and O–H groups in total. The first-order valence-corrected chi connectivity index (χ1v) is 8.34. The number of tetrazole rings is 1. The number of nitrogens with zero attached hydrogens (tertiary/aromatic N) is 4. The van der Waals surface area contributed by atoms with Gasteiger partial charge in [0.25, 0.3) is 0 Å². The first kappa shape index (κ1) is 14.3. The van der Waals surface area contributed by atoms with E-state index in [0.717, 1.165) is 0 Å². The third kappa shape index (κ3) is 3.68. The van der Waals surface area contributed by atoms with Crippen molar-refractivity contribution in [1.82, 2.24) is 20.2 Å². The Morgan fingerprint density at radius 1 is 1.32 bits per heavy atom. The summed E-state index contributed by atoms with van der Waals surface area (Å²) in [6.07, 6.45) is 0. The lowest BCUT2D eigenvalue weighted by Gasteiger charge is -2.04. The minimum atomic E-state index is -3.30. The number of aryl methyl sites for hydroxylation is 1. The summed E-state index contributed by atoms with van der Waals surface area (Å²) in [7, 11) is -1.60. The fourth-order valence-electron chi connectivity index (χ4n) is 1.35. The SMILES string of the molecule is Cn1nnnc1SCCS(=O)(=O)c1ccc(Cl)cc1. The van der Waals surface area contributed by atoms with Gasteiger partial charge in [-0.25, -0.2) is 13.1 Å². The predicted octanol–water partition coefficient (Wildman–Crippen LogP) is 1.43. The molecule has 0 aliphatic rings. The molecular weight excluding hydrogens is 308 g/mol. The van der Waals surface area contributed by atoms with E-state index in [4.69, 9.17) is 11.6 Å². The van der Waals surface area contributed by atoms with Crippen LogP contribution in [0.15, 0.2) is 34.3 Å². The third-order valence-corrected chi connectivity index (χ3v) is 5.59. The Labute approximate surface area is 120 Å². The Bertz CT molecular complexity index is 654. The fourth-order valence-corrected chi connectivity index (χ4v) is 3.97. The molecular formula is C10H11ClN4O2S2. The number of rotatable bonds is 5. The molecule has 0 aliphatic heterocycles. The van der Waals surface area contributed by atoms with Gasteiger partial charge >= 0.3 is 0 Å². The van der Waals surface area contributed by atoms with Crippen molar-refractivity contribution in [2.45, 2.75) is 10.1 Å². The maximum absolute atomic E-state index is 12.0. The van der Waals surface area contributed by atoms with Crippen LogP contribution in [-0.2, 0) is 16.9 Å². The molecule has 0 saturated heterocycles. The molecule has 1 aromatic heterocycles. The Hall–Kier alpha value is -1.12. The van der Waals surface area contributed by atoms with Crippen LogP contribution in [0.5, 0.6) is 0 Å². The molecule has 0 radical (unpaired) electrons. The molecule has 0 bridgehead atoms. The summed E-state index contributed by atoms with van der Waals surface area (Å²) in [5, 5.41) is 12.0. The largest absolute Gasteiger partial charge is 0.224 e. The van der Waals surface area contributed by atoms with E-state index < -0.39 is 9.84 Å². The number of halogens is 1. The van der Waals surface area contributed by atoms with Crippen LogP contribution in [0.4, 0.5) is 0 Å². The first-order valence-electron chi connectivity index (χ1n) is 5.32. The molecule has 0 amide bonds. The highest BCUT2D eigenvalue weighted by molar-refractivity contribution is 8.00. The predicted molar refractivity (Wildman–Crippen MR) is 73.0 cm³/mol. The lowest BCUT2D eigenvalue weighted by atomic mass is 10.4. The summed E-state index contributed by atoms with van der Waals surface area (Å²) < 4.78 is 25.6. The van der Waals surface area contributed by atoms with Gasteiger partial charge in [0.2, 0.25) is 5.16 Å². The van der Waals surface area contributed by atoms with Crippen molar-refractivity contribution in [1.29, 1.82) is 0 Å². The smallest absolute Gasteiger partial charge is 0.209 e. The first-order chi connectivity index (χ1) is 8.99. The van der Waals surface area contributed by atoms with E-state index in [9.17, 15) is 8.42 Å². The molecule has 0 saturated carbocycles. The molecule has 1 aromatic carbocycles. The number of aromatic nitrogens is 4. The highest BCUT2D eigenvalue weighted by Gasteiger charge is 2.15. The molecule has 0 unspecified atom stereocenters. The molecule has 2 rings (SSSR count). The zero-order valence-electron chi connectivity index (χ0n) is 10.0. The van der Waals surface area contributed by atoms with Gasteiger partial charge in [0.05, 0.1) is 10.6 Å². The van der Waals surface area contributed by atoms with Crippen molar-refractivity contribution in [3.63, 3.8) is 0 Å². The van der Waals surface area contributed by atoms with Crippen molar-refractivity contribution in [2.24, 2.45) is 7.05 Å². The summed E-state index contributed by atoms with van der Waals surface area (Å²) in [5.41, 5.74) is 0. The van der Waals surface area contributed by atoms with Gasteiger partial charge < -0.3 is 0 Å². The zero-order chi connectivity index (χ0) is 13.9. The van der Waals surface area contributed by atoms with Crippen molar-refractivity contribution in [2.75, 3.05) is 11.5 Å². The van der Waals surface area contributed by atoms with Crippen LogP contribution in [0.3, 0.4) is 0 Å². The molecule has 6 nitrogen and oxygen atoms in total. The molecule has 9 heteroatoms. The van der Waals surface area contributed by atoms with Crippen molar-refractivity contribution in [3.05, 3.63) is 29.3 Å². The summed E-state index contributed by atoms with van der Waals surface area (Å²) in [6.45, 7) is 0. The minimum Gasteiger partial charge on any atom is -0.224 e. The Balaban J connectivity index is 1.98. The van der Waals surface area contributed by atoms with E-state index in [2.05, 4.69) is 15.5 Å². The van der Waals surface area contributed by atoms with Gasteiger partial charge in [0.1, 0.15) is 0 Å². The van der Waals surface area contributed by atoms with Crippen LogP contribution in [-0.4, -0.2) is 40.1 Å². The normalized spacial score (nSPS) is 11.7. The second kappa shape index (κ2) is 5.89. The fraction of sp³-hybridized carbons (Fsp3) is 0.300. The van der Waals surface area contributed by atoms with Crippen molar-refractivity contribution >= 4 is 33.2 Å². The number of hydrogen-bond donors (Lipinski definition) is 0. The summed E-state index contributed by atoms with van der Waals surface area (Å²) in [5.74, 6) is 0.408. The van der Waals surface area contributed by atoms with Crippen LogP contribution < -0.4 is 0 Å². The average molecular weight is 319 g/mol. The van der Waals surface area contributed by atoms with Gasteiger partial charge in [-0.15, -0.1) is 5.10 Å². The molecule has 0 spiro atoms. The minimum absolute atomic E-state index is 0.0200. The quantitative estimate of drug-likeness (QED) is 0.776. The highest BCUT2D eigenvalue weighted by Crippen LogP contribution is 2.18. The van der Waals surface area contributed by atoms with E-state index in [-0.39, 0.29) is 10.6 Å². The van der Waals surface area contributed by atoms with E-state index in [1.54, 1.807) is 19.2 Å². The van der Waals surface area contributed by atoms with Gasteiger partial charge in [-0.1, -0.05) is 23.4 Å². The molecule has 19 heavy (non-hydrogen) atoms. The van der Waals surface area contributed by atoms with Crippen molar-refractivity contribution < 1.29 is 8.42 Å². The van der Waals surface area contributed by atoms with Crippen LogP contribution in [0, 0.1) is 0 Å². The Morgan fingerprint density at radius 2 is 2.00 bits per heavy atom. The van der Waals surface area contributed by atoms with Gasteiger partial charge in [0, 0.05) is 17.8 Å². The molecule has 0 fully saturated rings. The Morgan fingerprint density at radius 3 is 2.58 bits per heavy atom. The number of hydrogen-bond acceptors (Lipinski definition) is 6. The van der Waals surface area contributed by atoms with Gasteiger partial charge in [-0.3, -0.25) is 0 Å². The third-order valence-electron chi connectivity index (χ3n) is 2.34. The maximum atomic E-state index is 12.0. The molecule has 1 heterocycles. The summed E-state index contributed by atoms with van der Waals surface area (Å²) in [4.78, 5) is 0.272. The monoisotopic (exact) mass is 318 g/mol. The summed E-state index contributed by atoms with van der Waals surface area (Å²) >= 11 is 7.03. The molecule has 2 aromatic rings. The second-order valence-corrected chi connectivity index (χ2v) is 7.31. The van der Waals surface area contributed by atoms with Gasteiger partial charge in [-0.05, 0) is 34.7 Å². The highest BCUT2D eigenvalue weighted by atomic mass is 35.5. The second-order valence-electron chi connectivity index (χ2n) is 3.71. The number of sulfone groups is 1. The Kier molecular flexibility index (Phi) is 4.43. The topological polar surface area (TPSA) is 77.7 Å². The van der Waals surface area contributed by atoms with E-state index in [1.807, 2.05) is 0 Å². The molecule has 102 valence electrons. The van der Waals surface area contributed by atoms with Crippen LogP contribution in [0.2, 0.25) is 5.02 Å². The maximum Gasteiger partial charge on any atom is 0.209 e. The van der Waals surface area contributed by atoms with Crippen LogP contribution in [0.1, 0.15) is 0 Å². The van der Waals surface area contributed by atoms with E-state index in [0.29, 0.717) is 15.9 Å². The average Bonchev–Trinajstić information content (AvgIpc) is 2.75. The summed E-state index contributed by atoms with van der Waals surface area (Å²) in [6, 6.07) is 6.14. The van der Waals surface area contributed by atoms with Gasteiger partial charge in [-0.2, -0.15) is 0 Å². The zero-order valence-corrected chi connectivity index (χ0v) is 12.4. The standard InChI is InChI=1S/C10H11ClN4O2S2/c1-15-10(12-13-14-15)18-6-7-19(16,17)9-4-2-8(11)3-5-9/h2-5H,6-7H2,1H3. The van der Waals surface area contributed by atoms with E-state index >= 15 is 0 Å². The lowest BCUT2D eigenvalue weighted by molar-refractivity contribution is 0.597. The molecule has 0 atom stereocenters. The van der Waals surface area contributed by atoms with Gasteiger partial charge in [0.15, 0.2) is 9.84 Å². The molecule has 0 aliphatic carbocycles. The van der Waals surface area contributed by atoms with Crippen LogP contribution in [0.25, 0.3) is 0 Å². The number of benzene rings is 1. The van der Waals surface area contributed by atoms with Crippen molar-refractivity contribution in [3.8, 4) is 0 Å². The number of thioether (sulfide) groups is 1. The van der Waals surface area contributed by atoms with Crippen LogP contribution >= 0.6 is 23.4 Å².